The van der Waals surface area contributed by atoms with Crippen LogP contribution in [0.5, 0.6) is 0 Å². The SMILES string of the molecule is Cn1cc(C(NC(=O)NCC2(C)CCCC2)C(=O)O)cn1. The number of nitrogens with zero attached hydrogens (tertiary/aromatic N) is 2. The van der Waals surface area contributed by atoms with E-state index in [4.69, 9.17) is 0 Å². The van der Waals surface area contributed by atoms with Crippen molar-refractivity contribution in [3.05, 3.63) is 18.0 Å². The number of carbonyl (C=O) groups excluding carboxylic acids is 1. The van der Waals surface area contributed by atoms with Crippen molar-refractivity contribution in [1.29, 1.82) is 0 Å². The molecule has 116 valence electrons. The van der Waals surface area contributed by atoms with Crippen molar-refractivity contribution in [2.24, 2.45) is 12.5 Å². The first-order valence-electron chi connectivity index (χ1n) is 7.15. The van der Waals surface area contributed by atoms with Crippen molar-refractivity contribution in [2.45, 2.75) is 38.6 Å². The molecule has 1 heterocycles. The molecular formula is C14H22N4O3. The van der Waals surface area contributed by atoms with Gasteiger partial charge in [0.25, 0.3) is 0 Å². The molecule has 0 aliphatic heterocycles. The van der Waals surface area contributed by atoms with Gasteiger partial charge in [0.1, 0.15) is 0 Å². The fraction of sp³-hybridized carbons (Fsp3) is 0.643. The van der Waals surface area contributed by atoms with Gasteiger partial charge in [-0.3, -0.25) is 4.68 Å². The van der Waals surface area contributed by atoms with E-state index >= 15 is 0 Å². The molecule has 21 heavy (non-hydrogen) atoms. The predicted octanol–water partition coefficient (Wildman–Crippen LogP) is 1.43. The number of rotatable bonds is 5. The molecule has 1 aliphatic rings. The third-order valence-corrected chi connectivity index (χ3v) is 4.07. The van der Waals surface area contributed by atoms with Gasteiger partial charge in [0, 0.05) is 25.4 Å². The Labute approximate surface area is 123 Å². The normalized spacial score (nSPS) is 18.2. The Kier molecular flexibility index (Phi) is 4.50. The lowest BCUT2D eigenvalue weighted by Crippen LogP contribution is -2.44. The van der Waals surface area contributed by atoms with Gasteiger partial charge in [0.05, 0.1) is 6.20 Å². The maximum Gasteiger partial charge on any atom is 0.331 e. The second kappa shape index (κ2) is 6.15. The second-order valence-corrected chi connectivity index (χ2v) is 6.06. The summed E-state index contributed by atoms with van der Waals surface area (Å²) < 4.78 is 1.50. The van der Waals surface area contributed by atoms with E-state index < -0.39 is 18.0 Å². The van der Waals surface area contributed by atoms with Crippen LogP contribution in [0.25, 0.3) is 0 Å². The third-order valence-electron chi connectivity index (χ3n) is 4.07. The Morgan fingerprint density at radius 1 is 1.48 bits per heavy atom. The van der Waals surface area contributed by atoms with Crippen LogP contribution in [-0.4, -0.2) is 33.4 Å². The van der Waals surface area contributed by atoms with Gasteiger partial charge >= 0.3 is 12.0 Å². The molecule has 2 amide bonds. The summed E-state index contributed by atoms with van der Waals surface area (Å²) in [4.78, 5) is 23.2. The molecule has 1 aromatic heterocycles. The summed E-state index contributed by atoms with van der Waals surface area (Å²) in [6, 6.07) is -1.55. The van der Waals surface area contributed by atoms with E-state index in [0.717, 1.165) is 12.8 Å². The van der Waals surface area contributed by atoms with E-state index in [1.54, 1.807) is 13.2 Å². The van der Waals surface area contributed by atoms with Gasteiger partial charge in [-0.25, -0.2) is 9.59 Å². The number of aromatic nitrogens is 2. The van der Waals surface area contributed by atoms with Crippen molar-refractivity contribution < 1.29 is 14.7 Å². The fourth-order valence-electron chi connectivity index (χ4n) is 2.76. The Balaban J connectivity index is 1.91. The van der Waals surface area contributed by atoms with Gasteiger partial charge < -0.3 is 15.7 Å². The van der Waals surface area contributed by atoms with Crippen molar-refractivity contribution in [1.82, 2.24) is 20.4 Å². The van der Waals surface area contributed by atoms with Crippen LogP contribution >= 0.6 is 0 Å². The lowest BCUT2D eigenvalue weighted by molar-refractivity contribution is -0.139. The molecule has 0 spiro atoms. The standard InChI is InChI=1S/C14H22N4O3/c1-14(5-3-4-6-14)9-15-13(21)17-11(12(19)20)10-7-16-18(2)8-10/h7-8,11H,3-6,9H2,1-2H3,(H,19,20)(H2,15,17,21). The highest BCUT2D eigenvalue weighted by Crippen LogP contribution is 2.36. The van der Waals surface area contributed by atoms with E-state index in [1.165, 1.54) is 23.7 Å². The number of amides is 2. The summed E-state index contributed by atoms with van der Waals surface area (Å²) in [6.07, 6.45) is 7.59. The number of hydrogen-bond donors (Lipinski definition) is 3. The number of carbonyl (C=O) groups is 2. The summed E-state index contributed by atoms with van der Waals surface area (Å²) in [5.41, 5.74) is 0.580. The molecular weight excluding hydrogens is 272 g/mol. The van der Waals surface area contributed by atoms with E-state index in [1.807, 2.05) is 0 Å². The van der Waals surface area contributed by atoms with Gasteiger partial charge in [-0.2, -0.15) is 5.10 Å². The molecule has 1 fully saturated rings. The smallest absolute Gasteiger partial charge is 0.331 e. The van der Waals surface area contributed by atoms with Crippen molar-refractivity contribution in [3.8, 4) is 0 Å². The van der Waals surface area contributed by atoms with E-state index in [-0.39, 0.29) is 5.41 Å². The van der Waals surface area contributed by atoms with Crippen LogP contribution in [0.15, 0.2) is 12.4 Å². The molecule has 1 unspecified atom stereocenters. The number of carboxylic acid groups (broad SMARTS) is 1. The molecule has 1 aromatic rings. The number of hydrogen-bond acceptors (Lipinski definition) is 3. The Morgan fingerprint density at radius 3 is 2.67 bits per heavy atom. The van der Waals surface area contributed by atoms with E-state index in [0.29, 0.717) is 12.1 Å². The summed E-state index contributed by atoms with van der Waals surface area (Å²) in [5, 5.41) is 18.4. The molecule has 7 heteroatoms. The molecule has 0 bridgehead atoms. The highest BCUT2D eigenvalue weighted by Gasteiger charge is 2.30. The van der Waals surface area contributed by atoms with Crippen LogP contribution in [-0.2, 0) is 11.8 Å². The molecule has 3 N–H and O–H groups in total. The number of aliphatic carboxylic acids is 1. The quantitative estimate of drug-likeness (QED) is 0.765. The first kappa shape index (κ1) is 15.3. The van der Waals surface area contributed by atoms with Gasteiger partial charge in [-0.05, 0) is 18.3 Å². The molecule has 2 rings (SSSR count). The number of aryl methyl sites for hydroxylation is 1. The topological polar surface area (TPSA) is 96.2 Å². The number of nitrogens with one attached hydrogen (secondary N) is 2. The summed E-state index contributed by atoms with van der Waals surface area (Å²) >= 11 is 0. The molecule has 1 aliphatic carbocycles. The van der Waals surface area contributed by atoms with Crippen LogP contribution < -0.4 is 10.6 Å². The zero-order valence-electron chi connectivity index (χ0n) is 12.4. The van der Waals surface area contributed by atoms with E-state index in [2.05, 4.69) is 22.7 Å². The average Bonchev–Trinajstić information content (AvgIpc) is 3.03. The average molecular weight is 294 g/mol. The largest absolute Gasteiger partial charge is 0.479 e. The first-order chi connectivity index (χ1) is 9.89. The second-order valence-electron chi connectivity index (χ2n) is 6.06. The minimum atomic E-state index is -1.11. The highest BCUT2D eigenvalue weighted by molar-refractivity contribution is 5.83. The third kappa shape index (κ3) is 3.96. The summed E-state index contributed by atoms with van der Waals surface area (Å²) in [6.45, 7) is 2.72. The Hall–Kier alpha value is -2.05. The Morgan fingerprint density at radius 2 is 2.14 bits per heavy atom. The zero-order valence-corrected chi connectivity index (χ0v) is 12.4. The van der Waals surface area contributed by atoms with Crippen LogP contribution in [0.2, 0.25) is 0 Å². The van der Waals surface area contributed by atoms with Crippen LogP contribution in [0, 0.1) is 5.41 Å². The van der Waals surface area contributed by atoms with Crippen molar-refractivity contribution in [2.75, 3.05) is 6.54 Å². The maximum absolute atomic E-state index is 11.9. The monoisotopic (exact) mass is 294 g/mol. The summed E-state index contributed by atoms with van der Waals surface area (Å²) in [7, 11) is 1.70. The number of urea groups is 1. The maximum atomic E-state index is 11.9. The van der Waals surface area contributed by atoms with Crippen LogP contribution in [0.1, 0.15) is 44.2 Å². The van der Waals surface area contributed by atoms with E-state index in [9.17, 15) is 14.7 Å². The molecule has 7 nitrogen and oxygen atoms in total. The van der Waals surface area contributed by atoms with Crippen molar-refractivity contribution in [3.63, 3.8) is 0 Å². The van der Waals surface area contributed by atoms with Crippen LogP contribution in [0.4, 0.5) is 4.79 Å². The van der Waals surface area contributed by atoms with Gasteiger partial charge in [-0.1, -0.05) is 19.8 Å². The summed E-state index contributed by atoms with van der Waals surface area (Å²) in [5.74, 6) is -1.11. The molecule has 1 saturated carbocycles. The first-order valence-corrected chi connectivity index (χ1v) is 7.15. The highest BCUT2D eigenvalue weighted by atomic mass is 16.4. The predicted molar refractivity (Wildman–Crippen MR) is 76.7 cm³/mol. The lowest BCUT2D eigenvalue weighted by Gasteiger charge is -2.24. The zero-order chi connectivity index (χ0) is 15.5. The minimum absolute atomic E-state index is 0.129. The lowest BCUT2D eigenvalue weighted by atomic mass is 9.89. The number of carboxylic acids is 1. The van der Waals surface area contributed by atoms with Crippen LogP contribution in [0.3, 0.4) is 0 Å². The van der Waals surface area contributed by atoms with Gasteiger partial charge in [-0.15, -0.1) is 0 Å². The molecule has 0 radical (unpaired) electrons. The fourth-order valence-corrected chi connectivity index (χ4v) is 2.76. The van der Waals surface area contributed by atoms with Gasteiger partial charge in [0.15, 0.2) is 6.04 Å². The minimum Gasteiger partial charge on any atom is -0.479 e. The molecule has 1 atom stereocenters. The molecule has 0 saturated heterocycles. The Bertz CT molecular complexity index is 520. The van der Waals surface area contributed by atoms with Gasteiger partial charge in [0.2, 0.25) is 0 Å². The molecule has 0 aromatic carbocycles. The van der Waals surface area contributed by atoms with Crippen molar-refractivity contribution >= 4 is 12.0 Å².